The smallest absolute Gasteiger partial charge is 0.249 e. The molecular weight excluding hydrogens is 342 g/mol. The maximum Gasteiger partial charge on any atom is 0.249 e. The largest absolute Gasteiger partial charge is 0.361 e. The number of amides is 1. The van der Waals surface area contributed by atoms with E-state index < -0.39 is 0 Å². The number of anilines is 1. The first kappa shape index (κ1) is 15.3. The van der Waals surface area contributed by atoms with Gasteiger partial charge >= 0.3 is 0 Å². The number of carbonyl (C=O) groups is 1. The lowest BCUT2D eigenvalue weighted by Crippen LogP contribution is -2.18. The molecule has 0 fully saturated rings. The number of carbonyl (C=O) groups excluding carboxylic acids is 1. The van der Waals surface area contributed by atoms with Crippen molar-refractivity contribution in [1.82, 2.24) is 29.1 Å². The number of fused-ring (bicyclic) bond motifs is 2. The highest BCUT2D eigenvalue weighted by molar-refractivity contribution is 5.95. The fourth-order valence-corrected chi connectivity index (χ4v) is 3.14. The third-order valence-corrected chi connectivity index (χ3v) is 4.37. The van der Waals surface area contributed by atoms with Crippen LogP contribution in [0, 0.1) is 0 Å². The van der Waals surface area contributed by atoms with E-state index in [9.17, 15) is 4.79 Å². The summed E-state index contributed by atoms with van der Waals surface area (Å²) in [4.78, 5) is 23.6. The number of hydrogen-bond donors (Lipinski definition) is 2. The second-order valence-corrected chi connectivity index (χ2v) is 6.18. The molecule has 0 aliphatic rings. The van der Waals surface area contributed by atoms with Crippen molar-refractivity contribution in [2.75, 3.05) is 5.32 Å². The molecule has 5 aromatic rings. The number of benzene rings is 1. The van der Waals surface area contributed by atoms with Crippen LogP contribution in [0.15, 0.2) is 67.5 Å². The molecule has 0 spiro atoms. The monoisotopic (exact) mass is 357 g/mol. The van der Waals surface area contributed by atoms with E-state index in [4.69, 9.17) is 0 Å². The zero-order valence-electron chi connectivity index (χ0n) is 14.2. The van der Waals surface area contributed by atoms with Crippen molar-refractivity contribution in [2.45, 2.75) is 6.54 Å². The van der Waals surface area contributed by atoms with Gasteiger partial charge < -0.3 is 9.55 Å². The van der Waals surface area contributed by atoms with E-state index in [1.54, 1.807) is 27.8 Å². The highest BCUT2D eigenvalue weighted by Gasteiger charge is 2.10. The summed E-state index contributed by atoms with van der Waals surface area (Å²) < 4.78 is 3.36. The molecule has 8 heteroatoms. The van der Waals surface area contributed by atoms with E-state index in [-0.39, 0.29) is 18.4 Å². The van der Waals surface area contributed by atoms with Gasteiger partial charge in [-0.1, -0.05) is 12.1 Å². The van der Waals surface area contributed by atoms with Gasteiger partial charge in [0.25, 0.3) is 0 Å². The Morgan fingerprint density at radius 1 is 1.19 bits per heavy atom. The molecule has 0 radical (unpaired) electrons. The van der Waals surface area contributed by atoms with Crippen LogP contribution in [0.2, 0.25) is 0 Å². The Bertz CT molecular complexity index is 1250. The minimum absolute atomic E-state index is 0.163. The van der Waals surface area contributed by atoms with Crippen molar-refractivity contribution in [1.29, 1.82) is 0 Å². The molecule has 0 bridgehead atoms. The zero-order chi connectivity index (χ0) is 18.2. The maximum atomic E-state index is 12.1. The number of H-pyrrole nitrogens is 1. The van der Waals surface area contributed by atoms with E-state index in [0.29, 0.717) is 5.65 Å². The van der Waals surface area contributed by atoms with Crippen LogP contribution in [-0.4, -0.2) is 35.0 Å². The summed E-state index contributed by atoms with van der Waals surface area (Å²) in [6.07, 6.45) is 8.78. The average molecular weight is 357 g/mol. The summed E-state index contributed by atoms with van der Waals surface area (Å²) >= 11 is 0. The number of hydrogen-bond acceptors (Lipinski definition) is 4. The van der Waals surface area contributed by atoms with Crippen molar-refractivity contribution in [2.24, 2.45) is 0 Å². The first-order chi connectivity index (χ1) is 13.3. The fourth-order valence-electron chi connectivity index (χ4n) is 3.14. The molecule has 0 saturated heterocycles. The third kappa shape index (κ3) is 2.82. The molecule has 5 rings (SSSR count). The van der Waals surface area contributed by atoms with Crippen LogP contribution in [0.4, 0.5) is 5.95 Å². The number of nitrogens with one attached hydrogen (secondary N) is 2. The number of imidazole rings is 1. The second-order valence-electron chi connectivity index (χ2n) is 6.18. The minimum atomic E-state index is -0.207. The molecule has 0 aliphatic carbocycles. The van der Waals surface area contributed by atoms with E-state index >= 15 is 0 Å². The van der Waals surface area contributed by atoms with Gasteiger partial charge in [-0.3, -0.25) is 10.1 Å². The Kier molecular flexibility index (Phi) is 3.46. The van der Waals surface area contributed by atoms with Gasteiger partial charge in [-0.25, -0.2) is 9.50 Å². The summed E-state index contributed by atoms with van der Waals surface area (Å²) in [5.74, 6) is 0.0679. The van der Waals surface area contributed by atoms with E-state index in [0.717, 1.165) is 22.0 Å². The first-order valence-electron chi connectivity index (χ1n) is 8.45. The van der Waals surface area contributed by atoms with Crippen molar-refractivity contribution >= 4 is 28.4 Å². The van der Waals surface area contributed by atoms with Crippen LogP contribution in [0.5, 0.6) is 0 Å². The molecule has 27 heavy (non-hydrogen) atoms. The van der Waals surface area contributed by atoms with Crippen LogP contribution in [0.1, 0.15) is 0 Å². The molecule has 132 valence electrons. The maximum absolute atomic E-state index is 12.1. The average Bonchev–Trinajstić information content (AvgIpc) is 3.40. The molecule has 0 aliphatic heterocycles. The second kappa shape index (κ2) is 6.10. The van der Waals surface area contributed by atoms with Crippen LogP contribution >= 0.6 is 0 Å². The van der Waals surface area contributed by atoms with Crippen molar-refractivity contribution in [3.05, 3.63) is 67.5 Å². The molecule has 4 aromatic heterocycles. The van der Waals surface area contributed by atoms with Crippen molar-refractivity contribution < 1.29 is 4.79 Å². The Morgan fingerprint density at radius 2 is 2.15 bits per heavy atom. The molecular formula is C19H15N7O. The molecule has 4 heterocycles. The highest BCUT2D eigenvalue weighted by Crippen LogP contribution is 2.28. The Hall–Kier alpha value is -3.94. The predicted octanol–water partition coefficient (Wildman–Crippen LogP) is 2.71. The lowest BCUT2D eigenvalue weighted by molar-refractivity contribution is -0.116. The van der Waals surface area contributed by atoms with Gasteiger partial charge in [0.15, 0.2) is 5.65 Å². The van der Waals surface area contributed by atoms with Crippen LogP contribution in [0.25, 0.3) is 27.7 Å². The molecule has 2 N–H and O–H groups in total. The van der Waals surface area contributed by atoms with Crippen LogP contribution in [-0.2, 0) is 11.3 Å². The minimum Gasteiger partial charge on any atom is -0.361 e. The predicted molar refractivity (Wildman–Crippen MR) is 101 cm³/mol. The van der Waals surface area contributed by atoms with E-state index in [1.165, 1.54) is 0 Å². The van der Waals surface area contributed by atoms with E-state index in [2.05, 4.69) is 37.5 Å². The van der Waals surface area contributed by atoms with Gasteiger partial charge in [-0.05, 0) is 29.8 Å². The highest BCUT2D eigenvalue weighted by atomic mass is 16.2. The molecule has 1 amide bonds. The summed E-state index contributed by atoms with van der Waals surface area (Å²) in [6.45, 7) is 0.163. The number of nitrogens with zero attached hydrogens (tertiary/aromatic N) is 5. The van der Waals surface area contributed by atoms with Gasteiger partial charge in [0.2, 0.25) is 11.9 Å². The third-order valence-electron chi connectivity index (χ3n) is 4.37. The quantitative estimate of drug-likeness (QED) is 0.517. The molecule has 8 nitrogen and oxygen atoms in total. The topological polar surface area (TPSA) is 92.9 Å². The van der Waals surface area contributed by atoms with Crippen molar-refractivity contribution in [3.8, 4) is 11.1 Å². The van der Waals surface area contributed by atoms with Crippen LogP contribution in [0.3, 0.4) is 0 Å². The van der Waals surface area contributed by atoms with Gasteiger partial charge in [-0.15, -0.1) is 5.10 Å². The Labute approximate surface area is 153 Å². The standard InChI is InChI=1S/C19H15N7O/c27-18(11-25-9-8-20-12-25)23-19-22-17-5-4-13(10-26(17)24-19)14-2-1-3-16-15(14)6-7-21-16/h1-10,12,21H,11H2,(H,23,24,27). The van der Waals surface area contributed by atoms with Gasteiger partial charge in [0.05, 0.1) is 6.33 Å². The molecule has 0 atom stereocenters. The van der Waals surface area contributed by atoms with Crippen LogP contribution < -0.4 is 5.32 Å². The number of aromatic nitrogens is 6. The Morgan fingerprint density at radius 3 is 3.04 bits per heavy atom. The summed E-state index contributed by atoms with van der Waals surface area (Å²) in [7, 11) is 0. The van der Waals surface area contributed by atoms with Gasteiger partial charge in [-0.2, -0.15) is 4.98 Å². The van der Waals surface area contributed by atoms with Crippen molar-refractivity contribution in [3.63, 3.8) is 0 Å². The number of pyridine rings is 1. The molecule has 0 unspecified atom stereocenters. The van der Waals surface area contributed by atoms with E-state index in [1.807, 2.05) is 36.7 Å². The molecule has 0 saturated carbocycles. The molecule has 1 aromatic carbocycles. The lowest BCUT2D eigenvalue weighted by Gasteiger charge is -2.04. The summed E-state index contributed by atoms with van der Waals surface area (Å²) in [6, 6.07) is 12.1. The SMILES string of the molecule is O=C(Cn1ccnc1)Nc1nc2ccc(-c3cccc4[nH]ccc34)cn2n1. The normalized spacial score (nSPS) is 11.3. The zero-order valence-corrected chi connectivity index (χ0v) is 14.2. The number of aromatic amines is 1. The Balaban J connectivity index is 1.45. The fraction of sp³-hybridized carbons (Fsp3) is 0.0526. The summed E-state index contributed by atoms with van der Waals surface area (Å²) in [5.41, 5.74) is 3.88. The lowest BCUT2D eigenvalue weighted by atomic mass is 10.0. The summed E-state index contributed by atoms with van der Waals surface area (Å²) in [5, 5.41) is 8.24. The first-order valence-corrected chi connectivity index (χ1v) is 8.45. The number of rotatable bonds is 4. The van der Waals surface area contributed by atoms with Gasteiger partial charge in [0, 0.05) is 41.3 Å². The van der Waals surface area contributed by atoms with Gasteiger partial charge in [0.1, 0.15) is 6.54 Å².